The van der Waals surface area contributed by atoms with Crippen molar-refractivity contribution in [2.75, 3.05) is 19.2 Å². The summed E-state index contributed by atoms with van der Waals surface area (Å²) in [6.07, 6.45) is 5.05. The quantitative estimate of drug-likeness (QED) is 0.896. The molecule has 0 bridgehead atoms. The van der Waals surface area contributed by atoms with E-state index in [0.717, 1.165) is 35.5 Å². The van der Waals surface area contributed by atoms with Crippen molar-refractivity contribution in [1.29, 1.82) is 0 Å². The second kappa shape index (κ2) is 6.18. The van der Waals surface area contributed by atoms with E-state index >= 15 is 0 Å². The van der Waals surface area contributed by atoms with Crippen molar-refractivity contribution in [3.05, 3.63) is 29.0 Å². The van der Waals surface area contributed by atoms with Gasteiger partial charge in [0.15, 0.2) is 11.5 Å². The SMILES string of the molecule is COc1cc(C2CC(=O)Nc3c2c(C)nn3C2CCCC2)cc2c1OCO2. The normalized spacial score (nSPS) is 21.3. The molecule has 0 radical (unpaired) electrons. The van der Waals surface area contributed by atoms with Crippen LogP contribution in [-0.4, -0.2) is 29.6 Å². The van der Waals surface area contributed by atoms with E-state index in [-0.39, 0.29) is 18.6 Å². The maximum atomic E-state index is 12.5. The third-order valence-corrected chi connectivity index (χ3v) is 5.88. The fraction of sp³-hybridized carbons (Fsp3) is 0.500. The smallest absolute Gasteiger partial charge is 0.231 e. The van der Waals surface area contributed by atoms with Gasteiger partial charge in [-0.3, -0.25) is 4.79 Å². The van der Waals surface area contributed by atoms with E-state index in [4.69, 9.17) is 19.3 Å². The lowest BCUT2D eigenvalue weighted by molar-refractivity contribution is -0.116. The molecule has 2 aromatic rings. The Kier molecular flexibility index (Phi) is 3.77. The zero-order valence-corrected chi connectivity index (χ0v) is 15.6. The van der Waals surface area contributed by atoms with E-state index in [0.29, 0.717) is 29.7 Å². The molecule has 7 heteroatoms. The fourth-order valence-corrected chi connectivity index (χ4v) is 4.62. The zero-order chi connectivity index (χ0) is 18.5. The first-order chi connectivity index (χ1) is 13.2. The minimum atomic E-state index is -0.0766. The number of hydrogen-bond donors (Lipinski definition) is 1. The zero-order valence-electron chi connectivity index (χ0n) is 15.6. The standard InChI is InChI=1S/C20H23N3O4/c1-11-18-14(12-7-15(25-2)19-16(8-12)26-10-27-19)9-17(24)21-20(18)23(22-11)13-5-3-4-6-13/h7-8,13-14H,3-6,9-10H2,1-2H3,(H,21,24). The lowest BCUT2D eigenvalue weighted by atomic mass is 9.85. The Bertz CT molecular complexity index is 914. The maximum Gasteiger partial charge on any atom is 0.231 e. The van der Waals surface area contributed by atoms with E-state index in [1.54, 1.807) is 7.11 Å². The van der Waals surface area contributed by atoms with E-state index < -0.39 is 0 Å². The Labute approximate surface area is 157 Å². The van der Waals surface area contributed by atoms with Crippen LogP contribution in [-0.2, 0) is 4.79 Å². The molecule has 1 aromatic heterocycles. The fourth-order valence-electron chi connectivity index (χ4n) is 4.62. The average Bonchev–Trinajstić information content (AvgIpc) is 3.40. The first-order valence-corrected chi connectivity index (χ1v) is 9.52. The number of nitrogens with one attached hydrogen (secondary N) is 1. The number of carbonyl (C=O) groups excluding carboxylic acids is 1. The summed E-state index contributed by atoms with van der Waals surface area (Å²) in [4.78, 5) is 12.5. The summed E-state index contributed by atoms with van der Waals surface area (Å²) in [6, 6.07) is 4.29. The monoisotopic (exact) mass is 369 g/mol. The molecule has 1 atom stereocenters. The van der Waals surface area contributed by atoms with Gasteiger partial charge in [-0.05, 0) is 37.5 Å². The lowest BCUT2D eigenvalue weighted by Crippen LogP contribution is -2.26. The number of fused-ring (bicyclic) bond motifs is 2. The molecule has 1 aliphatic carbocycles. The molecule has 1 unspecified atom stereocenters. The van der Waals surface area contributed by atoms with Gasteiger partial charge in [0.1, 0.15) is 5.82 Å². The highest BCUT2D eigenvalue weighted by Gasteiger charge is 2.35. The number of hydrogen-bond acceptors (Lipinski definition) is 5. The number of rotatable bonds is 3. The van der Waals surface area contributed by atoms with Gasteiger partial charge in [-0.25, -0.2) is 4.68 Å². The number of benzene rings is 1. The molecule has 7 nitrogen and oxygen atoms in total. The number of amides is 1. The number of anilines is 1. The van der Waals surface area contributed by atoms with Gasteiger partial charge in [0.2, 0.25) is 18.4 Å². The molecule has 3 heterocycles. The first-order valence-electron chi connectivity index (χ1n) is 9.52. The molecule has 5 rings (SSSR count). The number of aromatic nitrogens is 2. The van der Waals surface area contributed by atoms with Crippen LogP contribution >= 0.6 is 0 Å². The molecular weight excluding hydrogens is 346 g/mol. The van der Waals surface area contributed by atoms with Gasteiger partial charge in [0.25, 0.3) is 0 Å². The highest BCUT2D eigenvalue weighted by Crippen LogP contribution is 2.48. The summed E-state index contributed by atoms with van der Waals surface area (Å²) in [6.45, 7) is 2.21. The van der Waals surface area contributed by atoms with Crippen molar-refractivity contribution < 1.29 is 19.0 Å². The van der Waals surface area contributed by atoms with Crippen LogP contribution in [0.4, 0.5) is 5.82 Å². The summed E-state index contributed by atoms with van der Waals surface area (Å²) in [5, 5.41) is 7.90. The Balaban J connectivity index is 1.62. The van der Waals surface area contributed by atoms with Crippen LogP contribution in [0.5, 0.6) is 17.2 Å². The molecule has 142 valence electrons. The highest BCUT2D eigenvalue weighted by molar-refractivity contribution is 5.94. The van der Waals surface area contributed by atoms with Crippen LogP contribution in [0.25, 0.3) is 0 Å². The third-order valence-electron chi connectivity index (χ3n) is 5.88. The van der Waals surface area contributed by atoms with Crippen LogP contribution in [0, 0.1) is 6.92 Å². The summed E-state index contributed by atoms with van der Waals surface area (Å²) in [5.74, 6) is 2.72. The highest BCUT2D eigenvalue weighted by atomic mass is 16.7. The molecule has 1 N–H and O–H groups in total. The van der Waals surface area contributed by atoms with Crippen molar-refractivity contribution in [3.8, 4) is 17.2 Å². The summed E-state index contributed by atoms with van der Waals surface area (Å²) < 4.78 is 18.6. The molecule has 27 heavy (non-hydrogen) atoms. The van der Waals surface area contributed by atoms with Crippen LogP contribution < -0.4 is 19.5 Å². The second-order valence-electron chi connectivity index (χ2n) is 7.49. The van der Waals surface area contributed by atoms with Crippen LogP contribution in [0.1, 0.15) is 60.9 Å². The molecule has 1 aromatic carbocycles. The van der Waals surface area contributed by atoms with Crippen LogP contribution in [0.2, 0.25) is 0 Å². The minimum Gasteiger partial charge on any atom is -0.493 e. The lowest BCUT2D eigenvalue weighted by Gasteiger charge is -2.26. The van der Waals surface area contributed by atoms with E-state index in [1.807, 2.05) is 23.7 Å². The number of methoxy groups -OCH3 is 1. The molecule has 1 fully saturated rings. The Hall–Kier alpha value is -2.70. The summed E-state index contributed by atoms with van der Waals surface area (Å²) in [5.41, 5.74) is 3.06. The van der Waals surface area contributed by atoms with Gasteiger partial charge < -0.3 is 19.5 Å². The van der Waals surface area contributed by atoms with Crippen molar-refractivity contribution in [2.24, 2.45) is 0 Å². The van der Waals surface area contributed by atoms with Crippen LogP contribution in [0.3, 0.4) is 0 Å². The Morgan fingerprint density at radius 1 is 1.26 bits per heavy atom. The Morgan fingerprint density at radius 2 is 2.07 bits per heavy atom. The predicted octanol–water partition coefficient (Wildman–Crippen LogP) is 3.52. The topological polar surface area (TPSA) is 74.6 Å². The van der Waals surface area contributed by atoms with E-state index in [2.05, 4.69) is 5.32 Å². The van der Waals surface area contributed by atoms with Crippen molar-refractivity contribution in [1.82, 2.24) is 9.78 Å². The maximum absolute atomic E-state index is 12.5. The van der Waals surface area contributed by atoms with Gasteiger partial charge >= 0.3 is 0 Å². The second-order valence-corrected chi connectivity index (χ2v) is 7.49. The number of carbonyl (C=O) groups is 1. The van der Waals surface area contributed by atoms with Gasteiger partial charge in [0.05, 0.1) is 18.8 Å². The first kappa shape index (κ1) is 16.5. The van der Waals surface area contributed by atoms with Gasteiger partial charge in [-0.1, -0.05) is 12.8 Å². The van der Waals surface area contributed by atoms with Crippen molar-refractivity contribution in [3.63, 3.8) is 0 Å². The van der Waals surface area contributed by atoms with Gasteiger partial charge in [-0.2, -0.15) is 5.10 Å². The van der Waals surface area contributed by atoms with Crippen LogP contribution in [0.15, 0.2) is 12.1 Å². The number of nitrogens with zero attached hydrogens (tertiary/aromatic N) is 2. The largest absolute Gasteiger partial charge is 0.493 e. The summed E-state index contributed by atoms with van der Waals surface area (Å²) in [7, 11) is 1.61. The number of aryl methyl sites for hydroxylation is 1. The number of ether oxygens (including phenoxy) is 3. The molecule has 1 amide bonds. The molecule has 0 spiro atoms. The molecule has 0 saturated heterocycles. The average molecular weight is 369 g/mol. The van der Waals surface area contributed by atoms with Gasteiger partial charge in [0, 0.05) is 17.9 Å². The molecule has 2 aliphatic heterocycles. The molecule has 1 saturated carbocycles. The van der Waals surface area contributed by atoms with Gasteiger partial charge in [-0.15, -0.1) is 0 Å². The van der Waals surface area contributed by atoms with Crippen molar-refractivity contribution in [2.45, 2.75) is 51.0 Å². The predicted molar refractivity (Wildman–Crippen MR) is 98.7 cm³/mol. The molecule has 3 aliphatic rings. The van der Waals surface area contributed by atoms with E-state index in [1.165, 1.54) is 12.8 Å². The molecular formula is C20H23N3O4. The minimum absolute atomic E-state index is 0.0169. The third kappa shape index (κ3) is 2.56. The van der Waals surface area contributed by atoms with Crippen molar-refractivity contribution >= 4 is 11.7 Å². The Morgan fingerprint density at radius 3 is 2.85 bits per heavy atom. The van der Waals surface area contributed by atoms with E-state index in [9.17, 15) is 4.79 Å². The summed E-state index contributed by atoms with van der Waals surface area (Å²) >= 11 is 0.